The van der Waals surface area contributed by atoms with Crippen LogP contribution in [0.4, 0.5) is 5.82 Å². The summed E-state index contributed by atoms with van der Waals surface area (Å²) in [6, 6.07) is 2.62. The van der Waals surface area contributed by atoms with Gasteiger partial charge in [0.25, 0.3) is 0 Å². The fourth-order valence-corrected chi connectivity index (χ4v) is 2.35. The van der Waals surface area contributed by atoms with Crippen LogP contribution < -0.4 is 10.2 Å². The summed E-state index contributed by atoms with van der Waals surface area (Å²) in [5, 5.41) is 4.20. The SMILES string of the molecule is CCC(CC)N(C)c1cc(CNC(C)(C)C)c(Cl)cn1. The van der Waals surface area contributed by atoms with Crippen molar-refractivity contribution >= 4 is 17.4 Å². The van der Waals surface area contributed by atoms with E-state index in [1.807, 2.05) is 0 Å². The minimum absolute atomic E-state index is 0.0774. The third kappa shape index (κ3) is 4.95. The van der Waals surface area contributed by atoms with Gasteiger partial charge in [-0.1, -0.05) is 25.4 Å². The van der Waals surface area contributed by atoms with Crippen LogP contribution in [-0.2, 0) is 6.54 Å². The Bertz CT molecular complexity index is 422. The van der Waals surface area contributed by atoms with Gasteiger partial charge in [0.15, 0.2) is 0 Å². The van der Waals surface area contributed by atoms with Gasteiger partial charge >= 0.3 is 0 Å². The highest BCUT2D eigenvalue weighted by molar-refractivity contribution is 6.31. The molecule has 0 aromatic carbocycles. The highest BCUT2D eigenvalue weighted by Gasteiger charge is 2.15. The fraction of sp³-hybridized carbons (Fsp3) is 0.688. The Labute approximate surface area is 128 Å². The first kappa shape index (κ1) is 17.3. The molecule has 4 heteroatoms. The van der Waals surface area contributed by atoms with Crippen LogP contribution in [0.25, 0.3) is 0 Å². The zero-order valence-electron chi connectivity index (χ0n) is 13.6. The molecule has 0 saturated heterocycles. The second-order valence-corrected chi connectivity index (χ2v) is 6.73. The Hall–Kier alpha value is -0.800. The first-order valence-electron chi connectivity index (χ1n) is 7.40. The van der Waals surface area contributed by atoms with Gasteiger partial charge in [0, 0.05) is 31.4 Å². The molecule has 0 saturated carbocycles. The Morgan fingerprint density at radius 3 is 2.40 bits per heavy atom. The van der Waals surface area contributed by atoms with Crippen molar-refractivity contribution < 1.29 is 0 Å². The van der Waals surface area contributed by atoms with Gasteiger partial charge in [0.1, 0.15) is 5.82 Å². The van der Waals surface area contributed by atoms with Gasteiger partial charge in [0.05, 0.1) is 5.02 Å². The van der Waals surface area contributed by atoms with E-state index in [1.54, 1.807) is 6.20 Å². The lowest BCUT2D eigenvalue weighted by molar-refractivity contribution is 0.424. The van der Waals surface area contributed by atoms with E-state index in [1.165, 1.54) is 0 Å². The van der Waals surface area contributed by atoms with E-state index in [-0.39, 0.29) is 5.54 Å². The van der Waals surface area contributed by atoms with E-state index in [2.05, 4.69) is 62.9 Å². The predicted molar refractivity (Wildman–Crippen MR) is 88.6 cm³/mol. The molecule has 0 fully saturated rings. The van der Waals surface area contributed by atoms with E-state index in [0.29, 0.717) is 6.04 Å². The maximum Gasteiger partial charge on any atom is 0.128 e. The average Bonchev–Trinajstić information content (AvgIpc) is 2.38. The molecule has 1 heterocycles. The lowest BCUT2D eigenvalue weighted by atomic mass is 10.1. The maximum absolute atomic E-state index is 6.26. The highest BCUT2D eigenvalue weighted by atomic mass is 35.5. The summed E-state index contributed by atoms with van der Waals surface area (Å²) in [6.45, 7) is 11.6. The van der Waals surface area contributed by atoms with Gasteiger partial charge in [-0.3, -0.25) is 0 Å². The smallest absolute Gasteiger partial charge is 0.128 e. The molecule has 0 aliphatic carbocycles. The van der Waals surface area contributed by atoms with Crippen molar-refractivity contribution in [3.63, 3.8) is 0 Å². The molecule has 0 atom stereocenters. The van der Waals surface area contributed by atoms with Crippen LogP contribution in [0.5, 0.6) is 0 Å². The standard InChI is InChI=1S/C16H28ClN3/c1-7-13(8-2)20(6)15-9-12(14(17)11-18-15)10-19-16(3,4)5/h9,11,13,19H,7-8,10H2,1-6H3. The minimum Gasteiger partial charge on any atom is -0.357 e. The second kappa shape index (κ2) is 7.28. The number of nitrogens with zero attached hydrogens (tertiary/aromatic N) is 2. The van der Waals surface area contributed by atoms with Crippen molar-refractivity contribution in [2.45, 2.75) is 65.6 Å². The van der Waals surface area contributed by atoms with Crippen molar-refractivity contribution in [2.24, 2.45) is 0 Å². The molecule has 0 aliphatic rings. The number of halogens is 1. The fourth-order valence-electron chi connectivity index (χ4n) is 2.18. The van der Waals surface area contributed by atoms with Crippen molar-refractivity contribution in [3.8, 4) is 0 Å². The quantitative estimate of drug-likeness (QED) is 0.851. The molecule has 1 aromatic heterocycles. The number of anilines is 1. The summed E-state index contributed by atoms with van der Waals surface area (Å²) >= 11 is 6.26. The molecule has 0 aliphatic heterocycles. The number of rotatable bonds is 6. The topological polar surface area (TPSA) is 28.2 Å². The molecule has 20 heavy (non-hydrogen) atoms. The van der Waals surface area contributed by atoms with Crippen LogP contribution in [0.2, 0.25) is 5.02 Å². The molecule has 1 aromatic rings. The average molecular weight is 298 g/mol. The van der Waals surface area contributed by atoms with Gasteiger partial charge < -0.3 is 10.2 Å². The lowest BCUT2D eigenvalue weighted by Gasteiger charge is -2.28. The van der Waals surface area contributed by atoms with E-state index in [0.717, 1.165) is 35.8 Å². The first-order chi connectivity index (χ1) is 9.28. The third-order valence-corrected chi connectivity index (χ3v) is 3.92. The Balaban J connectivity index is 2.90. The molecule has 1 rings (SSSR count). The summed E-state index contributed by atoms with van der Waals surface area (Å²) in [4.78, 5) is 6.71. The van der Waals surface area contributed by atoms with Crippen molar-refractivity contribution in [1.82, 2.24) is 10.3 Å². The van der Waals surface area contributed by atoms with Crippen LogP contribution in [-0.4, -0.2) is 23.6 Å². The molecule has 0 radical (unpaired) electrons. The lowest BCUT2D eigenvalue weighted by Crippen LogP contribution is -2.35. The summed E-state index contributed by atoms with van der Waals surface area (Å²) in [5.74, 6) is 0.994. The molecule has 0 bridgehead atoms. The molecule has 0 amide bonds. The van der Waals surface area contributed by atoms with Gasteiger partial charge in [0.2, 0.25) is 0 Å². The second-order valence-electron chi connectivity index (χ2n) is 6.32. The Kier molecular flexibility index (Phi) is 6.28. The van der Waals surface area contributed by atoms with E-state index < -0.39 is 0 Å². The largest absolute Gasteiger partial charge is 0.357 e. The Morgan fingerprint density at radius 2 is 1.90 bits per heavy atom. The van der Waals surface area contributed by atoms with Crippen LogP contribution >= 0.6 is 11.6 Å². The number of nitrogens with one attached hydrogen (secondary N) is 1. The van der Waals surface area contributed by atoms with Crippen LogP contribution in [0.15, 0.2) is 12.3 Å². The highest BCUT2D eigenvalue weighted by Crippen LogP contribution is 2.23. The number of hydrogen-bond donors (Lipinski definition) is 1. The first-order valence-corrected chi connectivity index (χ1v) is 7.78. The zero-order chi connectivity index (χ0) is 15.3. The van der Waals surface area contributed by atoms with Crippen molar-refractivity contribution in [2.75, 3.05) is 11.9 Å². The van der Waals surface area contributed by atoms with Crippen LogP contribution in [0.1, 0.15) is 53.0 Å². The number of pyridine rings is 1. The predicted octanol–water partition coefficient (Wildman–Crippen LogP) is 4.25. The third-order valence-electron chi connectivity index (χ3n) is 3.58. The molecule has 1 N–H and O–H groups in total. The molecule has 0 spiro atoms. The molecule has 0 unspecified atom stereocenters. The van der Waals surface area contributed by atoms with Crippen molar-refractivity contribution in [1.29, 1.82) is 0 Å². The summed E-state index contributed by atoms with van der Waals surface area (Å²) in [6.07, 6.45) is 4.00. The maximum atomic E-state index is 6.26. The van der Waals surface area contributed by atoms with Crippen LogP contribution in [0, 0.1) is 0 Å². The zero-order valence-corrected chi connectivity index (χ0v) is 14.4. The summed E-state index contributed by atoms with van der Waals surface area (Å²) in [5.41, 5.74) is 1.18. The van der Waals surface area contributed by atoms with Gasteiger partial charge in [-0.2, -0.15) is 0 Å². The van der Waals surface area contributed by atoms with Crippen molar-refractivity contribution in [3.05, 3.63) is 22.8 Å². The molecule has 3 nitrogen and oxygen atoms in total. The number of aromatic nitrogens is 1. The molecule has 114 valence electrons. The van der Waals surface area contributed by atoms with E-state index in [9.17, 15) is 0 Å². The normalized spacial score (nSPS) is 12.0. The molecular formula is C16H28ClN3. The van der Waals surface area contributed by atoms with E-state index in [4.69, 9.17) is 11.6 Å². The summed E-state index contributed by atoms with van der Waals surface area (Å²) < 4.78 is 0. The van der Waals surface area contributed by atoms with Gasteiger partial charge in [-0.15, -0.1) is 0 Å². The van der Waals surface area contributed by atoms with Gasteiger partial charge in [-0.05, 0) is 45.2 Å². The van der Waals surface area contributed by atoms with Crippen LogP contribution in [0.3, 0.4) is 0 Å². The monoisotopic (exact) mass is 297 g/mol. The molecular weight excluding hydrogens is 270 g/mol. The van der Waals surface area contributed by atoms with E-state index >= 15 is 0 Å². The Morgan fingerprint density at radius 1 is 1.30 bits per heavy atom. The number of hydrogen-bond acceptors (Lipinski definition) is 3. The minimum atomic E-state index is 0.0774. The van der Waals surface area contributed by atoms with Gasteiger partial charge in [-0.25, -0.2) is 4.98 Å². The summed E-state index contributed by atoms with van der Waals surface area (Å²) in [7, 11) is 2.11.